The summed E-state index contributed by atoms with van der Waals surface area (Å²) in [4.78, 5) is 0. The zero-order valence-electron chi connectivity index (χ0n) is 7.04. The number of ether oxygens (including phenoxy) is 1. The van der Waals surface area contributed by atoms with Crippen molar-refractivity contribution in [3.05, 3.63) is 0 Å². The zero-order valence-corrected chi connectivity index (χ0v) is 9.49. The molecule has 76 valence electrons. The lowest BCUT2D eigenvalue weighted by molar-refractivity contribution is 0.316. The highest BCUT2D eigenvalue weighted by atomic mass is 35.5. The molecule has 0 fully saturated rings. The number of nitrogens with two attached hydrogens (primary N) is 1. The van der Waals surface area contributed by atoms with E-state index in [0.29, 0.717) is 24.7 Å². The molecule has 0 aliphatic heterocycles. The van der Waals surface area contributed by atoms with Gasteiger partial charge in [0.1, 0.15) is 6.61 Å². The zero-order chi connectivity index (χ0) is 7.82. The molecule has 0 aliphatic carbocycles. The maximum absolute atomic E-state index is 5.20. The minimum absolute atomic E-state index is 0. The minimum atomic E-state index is 0. The molecular weight excluding hydrogens is 219 g/mol. The van der Waals surface area contributed by atoms with E-state index in [4.69, 9.17) is 22.7 Å². The fraction of sp³-hybridized carbons (Fsp3) is 0.833. The Balaban J connectivity index is -0.000000405. The number of hydrogen-bond acceptors (Lipinski definition) is 4. The summed E-state index contributed by atoms with van der Waals surface area (Å²) in [7, 11) is 0. The molecule has 0 aromatic carbocycles. The summed E-state index contributed by atoms with van der Waals surface area (Å²) < 4.78 is 5.04. The molecule has 0 saturated carbocycles. The molecule has 0 aliphatic rings. The van der Waals surface area contributed by atoms with Crippen molar-refractivity contribution in [1.82, 2.24) is 5.32 Å². The predicted molar refractivity (Wildman–Crippen MR) is 60.6 cm³/mol. The molecular formula is C6H16Cl2N2OS. The summed E-state index contributed by atoms with van der Waals surface area (Å²) in [5.41, 5.74) is 5.20. The first kappa shape index (κ1) is 18.2. The Kier molecular flexibility index (Phi) is 21.2. The molecule has 0 unspecified atom stereocenters. The highest BCUT2D eigenvalue weighted by molar-refractivity contribution is 7.80. The van der Waals surface area contributed by atoms with E-state index in [2.05, 4.69) is 5.32 Å². The van der Waals surface area contributed by atoms with E-state index in [9.17, 15) is 0 Å². The van der Waals surface area contributed by atoms with Gasteiger partial charge in [-0.2, -0.15) is 0 Å². The van der Waals surface area contributed by atoms with Gasteiger partial charge in [-0.25, -0.2) is 0 Å². The number of halogens is 2. The number of rotatable bonds is 5. The number of likely N-dealkylation sites (N-methyl/N-ethyl adjacent to an activating group) is 1. The number of nitrogens with one attached hydrogen (secondary N) is 1. The molecule has 0 radical (unpaired) electrons. The van der Waals surface area contributed by atoms with Crippen LogP contribution in [-0.4, -0.2) is 31.3 Å². The standard InChI is InChI=1S/C6H14N2OS.2ClH/c1-2-8-5-6(10)9-4-3-7;;/h8H,2-5,7H2,1H3;2*1H. The smallest absolute Gasteiger partial charge is 0.173 e. The molecule has 0 spiro atoms. The molecule has 3 nitrogen and oxygen atoms in total. The third kappa shape index (κ3) is 13.0. The van der Waals surface area contributed by atoms with Crippen molar-refractivity contribution in [2.24, 2.45) is 5.73 Å². The summed E-state index contributed by atoms with van der Waals surface area (Å²) in [5.74, 6) is 0. The second-order valence-corrected chi connectivity index (χ2v) is 2.24. The summed E-state index contributed by atoms with van der Waals surface area (Å²) in [6, 6.07) is 0. The van der Waals surface area contributed by atoms with Gasteiger partial charge in [-0.05, 0) is 18.8 Å². The minimum Gasteiger partial charge on any atom is -0.484 e. The molecule has 0 aromatic heterocycles. The molecule has 0 saturated heterocycles. The number of thiocarbonyl (C=S) groups is 1. The van der Waals surface area contributed by atoms with Crippen LogP contribution in [0.15, 0.2) is 0 Å². The maximum Gasteiger partial charge on any atom is 0.173 e. The van der Waals surface area contributed by atoms with Crippen LogP contribution in [0.4, 0.5) is 0 Å². The molecule has 0 bridgehead atoms. The first-order valence-electron chi connectivity index (χ1n) is 3.37. The van der Waals surface area contributed by atoms with Crippen LogP contribution in [0.25, 0.3) is 0 Å². The Morgan fingerprint density at radius 2 is 2.08 bits per heavy atom. The third-order valence-electron chi connectivity index (χ3n) is 0.900. The van der Waals surface area contributed by atoms with E-state index in [1.165, 1.54) is 0 Å². The average Bonchev–Trinajstić information content (AvgIpc) is 1.97. The summed E-state index contributed by atoms with van der Waals surface area (Å²) in [6.45, 7) is 4.61. The first-order valence-corrected chi connectivity index (χ1v) is 3.78. The second-order valence-electron chi connectivity index (χ2n) is 1.79. The Morgan fingerprint density at radius 1 is 1.50 bits per heavy atom. The summed E-state index contributed by atoms with van der Waals surface area (Å²) in [5, 5.41) is 3.64. The van der Waals surface area contributed by atoms with Crippen molar-refractivity contribution in [3.8, 4) is 0 Å². The quantitative estimate of drug-likeness (QED) is 0.690. The van der Waals surface area contributed by atoms with Crippen LogP contribution in [0, 0.1) is 0 Å². The largest absolute Gasteiger partial charge is 0.484 e. The van der Waals surface area contributed by atoms with Gasteiger partial charge < -0.3 is 15.8 Å². The van der Waals surface area contributed by atoms with E-state index in [1.54, 1.807) is 0 Å². The lowest BCUT2D eigenvalue weighted by Gasteiger charge is -2.05. The SMILES string of the molecule is CCNCC(=S)OCCN.Cl.Cl. The van der Waals surface area contributed by atoms with Crippen molar-refractivity contribution >= 4 is 42.1 Å². The van der Waals surface area contributed by atoms with Crippen molar-refractivity contribution in [2.45, 2.75) is 6.92 Å². The van der Waals surface area contributed by atoms with Crippen molar-refractivity contribution in [1.29, 1.82) is 0 Å². The highest BCUT2D eigenvalue weighted by Crippen LogP contribution is 1.78. The molecule has 0 amide bonds. The van der Waals surface area contributed by atoms with Crippen LogP contribution in [0.3, 0.4) is 0 Å². The van der Waals surface area contributed by atoms with E-state index in [-0.39, 0.29) is 24.8 Å². The first-order chi connectivity index (χ1) is 4.81. The van der Waals surface area contributed by atoms with Gasteiger partial charge in [-0.3, -0.25) is 0 Å². The van der Waals surface area contributed by atoms with Crippen molar-refractivity contribution in [3.63, 3.8) is 0 Å². The fourth-order valence-corrected chi connectivity index (χ4v) is 0.636. The van der Waals surface area contributed by atoms with Gasteiger partial charge in [0, 0.05) is 6.54 Å². The third-order valence-corrected chi connectivity index (χ3v) is 1.16. The van der Waals surface area contributed by atoms with Gasteiger partial charge in [0.05, 0.1) is 6.54 Å². The molecule has 0 heterocycles. The van der Waals surface area contributed by atoms with Crippen LogP contribution in [0.2, 0.25) is 0 Å². The van der Waals surface area contributed by atoms with Crippen LogP contribution >= 0.6 is 37.0 Å². The fourth-order valence-electron chi connectivity index (χ4n) is 0.451. The van der Waals surface area contributed by atoms with E-state index in [0.717, 1.165) is 6.54 Å². The van der Waals surface area contributed by atoms with Gasteiger partial charge in [-0.15, -0.1) is 24.8 Å². The van der Waals surface area contributed by atoms with Gasteiger partial charge >= 0.3 is 0 Å². The topological polar surface area (TPSA) is 47.3 Å². The Labute approximate surface area is 91.2 Å². The van der Waals surface area contributed by atoms with Gasteiger partial charge in [0.25, 0.3) is 0 Å². The Hall–Kier alpha value is 0.390. The molecule has 6 heteroatoms. The lowest BCUT2D eigenvalue weighted by Crippen LogP contribution is -2.24. The molecule has 12 heavy (non-hydrogen) atoms. The Bertz CT molecular complexity index is 95.5. The van der Waals surface area contributed by atoms with E-state index >= 15 is 0 Å². The van der Waals surface area contributed by atoms with Crippen LogP contribution in [0.5, 0.6) is 0 Å². The molecule has 0 aromatic rings. The monoisotopic (exact) mass is 234 g/mol. The summed E-state index contributed by atoms with van der Waals surface area (Å²) in [6.07, 6.45) is 0. The van der Waals surface area contributed by atoms with Crippen LogP contribution < -0.4 is 11.1 Å². The normalized spacial score (nSPS) is 7.83. The summed E-state index contributed by atoms with van der Waals surface area (Å²) >= 11 is 4.84. The van der Waals surface area contributed by atoms with Crippen LogP contribution in [-0.2, 0) is 4.74 Å². The average molecular weight is 235 g/mol. The van der Waals surface area contributed by atoms with Crippen molar-refractivity contribution < 1.29 is 4.74 Å². The maximum atomic E-state index is 5.20. The molecule has 0 atom stereocenters. The van der Waals surface area contributed by atoms with Crippen molar-refractivity contribution in [2.75, 3.05) is 26.2 Å². The van der Waals surface area contributed by atoms with E-state index < -0.39 is 0 Å². The molecule has 3 N–H and O–H groups in total. The predicted octanol–water partition coefficient (Wildman–Crippen LogP) is 0.742. The van der Waals surface area contributed by atoms with Gasteiger partial charge in [-0.1, -0.05) is 6.92 Å². The molecule has 0 rings (SSSR count). The highest BCUT2D eigenvalue weighted by Gasteiger charge is 1.93. The lowest BCUT2D eigenvalue weighted by atomic mass is 10.6. The van der Waals surface area contributed by atoms with Crippen LogP contribution in [0.1, 0.15) is 6.92 Å². The number of hydrogen-bond donors (Lipinski definition) is 2. The second kappa shape index (κ2) is 13.9. The van der Waals surface area contributed by atoms with E-state index in [1.807, 2.05) is 6.92 Å². The Morgan fingerprint density at radius 3 is 2.50 bits per heavy atom. The van der Waals surface area contributed by atoms with Gasteiger partial charge in [0.15, 0.2) is 5.05 Å². The van der Waals surface area contributed by atoms with Gasteiger partial charge in [0.2, 0.25) is 0 Å².